The average Bonchev–Trinajstić information content (AvgIpc) is 3.26. The summed E-state index contributed by atoms with van der Waals surface area (Å²) in [7, 11) is -2.43. The number of halogens is 1. The van der Waals surface area contributed by atoms with E-state index < -0.39 is 27.1 Å². The molecular formula is C23H28FNO6S. The zero-order valence-electron chi connectivity index (χ0n) is 18.4. The molecule has 1 heterocycles. The monoisotopic (exact) mass is 465 g/mol. The van der Waals surface area contributed by atoms with Gasteiger partial charge in [-0.2, -0.15) is 8.42 Å². The van der Waals surface area contributed by atoms with Crippen LogP contribution in [0.15, 0.2) is 42.5 Å². The van der Waals surface area contributed by atoms with Crippen LogP contribution < -0.4 is 8.92 Å². The number of methoxy groups -OCH3 is 1. The maximum absolute atomic E-state index is 14.3. The van der Waals surface area contributed by atoms with E-state index in [0.717, 1.165) is 12.8 Å². The predicted octanol–water partition coefficient (Wildman–Crippen LogP) is 3.77. The molecule has 9 heteroatoms. The Balaban J connectivity index is 1.90. The van der Waals surface area contributed by atoms with Gasteiger partial charge in [0, 0.05) is 19.7 Å². The Morgan fingerprint density at radius 1 is 1.22 bits per heavy atom. The van der Waals surface area contributed by atoms with E-state index in [1.807, 2.05) is 0 Å². The van der Waals surface area contributed by atoms with Gasteiger partial charge in [0.15, 0.2) is 11.5 Å². The lowest BCUT2D eigenvalue weighted by Gasteiger charge is -2.26. The van der Waals surface area contributed by atoms with Gasteiger partial charge in [0.05, 0.1) is 24.0 Å². The lowest BCUT2D eigenvalue weighted by molar-refractivity contribution is 0.0503. The Bertz CT molecular complexity index is 1050. The number of rotatable bonds is 9. The normalized spacial score (nSPS) is 16.2. The van der Waals surface area contributed by atoms with Crippen LogP contribution in [0.5, 0.6) is 11.5 Å². The van der Waals surface area contributed by atoms with Gasteiger partial charge in [-0.15, -0.1) is 0 Å². The first-order valence-electron chi connectivity index (χ1n) is 10.5. The van der Waals surface area contributed by atoms with Crippen LogP contribution in [0.4, 0.5) is 4.39 Å². The van der Waals surface area contributed by atoms with E-state index in [1.165, 1.54) is 50.1 Å². The van der Waals surface area contributed by atoms with Crippen molar-refractivity contribution in [1.82, 2.24) is 4.90 Å². The Hall–Kier alpha value is -2.65. The minimum Gasteiger partial charge on any atom is -0.493 e. The van der Waals surface area contributed by atoms with Crippen molar-refractivity contribution in [3.8, 4) is 11.5 Å². The molecule has 1 aliphatic rings. The van der Waals surface area contributed by atoms with Gasteiger partial charge in [0.1, 0.15) is 5.82 Å². The summed E-state index contributed by atoms with van der Waals surface area (Å²) in [5.41, 5.74) is 0.584. The zero-order valence-corrected chi connectivity index (χ0v) is 19.2. The molecule has 1 saturated heterocycles. The van der Waals surface area contributed by atoms with Crippen molar-refractivity contribution in [2.45, 2.75) is 44.6 Å². The van der Waals surface area contributed by atoms with E-state index in [1.54, 1.807) is 18.2 Å². The second kappa shape index (κ2) is 10.3. The van der Waals surface area contributed by atoms with Gasteiger partial charge < -0.3 is 18.6 Å². The molecule has 0 aromatic heterocycles. The van der Waals surface area contributed by atoms with Crippen molar-refractivity contribution in [2.75, 3.05) is 20.3 Å². The molecule has 1 fully saturated rings. The molecule has 3 rings (SSSR count). The molecule has 174 valence electrons. The molecule has 0 aliphatic carbocycles. The molecule has 1 unspecified atom stereocenters. The van der Waals surface area contributed by atoms with E-state index in [2.05, 4.69) is 0 Å². The molecule has 1 aliphatic heterocycles. The molecule has 0 spiro atoms. The Labute approximate surface area is 188 Å². The second-order valence-corrected chi connectivity index (χ2v) is 10.0. The van der Waals surface area contributed by atoms with Crippen LogP contribution in [0.25, 0.3) is 0 Å². The van der Waals surface area contributed by atoms with Gasteiger partial charge in [-0.3, -0.25) is 4.79 Å². The first-order chi connectivity index (χ1) is 15.2. The van der Waals surface area contributed by atoms with Gasteiger partial charge in [0.2, 0.25) is 0 Å². The highest BCUT2D eigenvalue weighted by molar-refractivity contribution is 7.87. The van der Waals surface area contributed by atoms with Crippen LogP contribution in [0.1, 0.15) is 42.6 Å². The van der Waals surface area contributed by atoms with E-state index in [0.29, 0.717) is 18.7 Å². The summed E-state index contributed by atoms with van der Waals surface area (Å²) in [6.07, 6.45) is 1.57. The maximum Gasteiger partial charge on any atom is 0.311 e. The van der Waals surface area contributed by atoms with Crippen LogP contribution in [-0.2, 0) is 21.4 Å². The summed E-state index contributed by atoms with van der Waals surface area (Å²) in [4.78, 5) is 14.7. The van der Waals surface area contributed by atoms with Crippen molar-refractivity contribution >= 4 is 16.0 Å². The SMILES string of the molecule is COc1ccc(CN(CC2CCCO2)C(=O)c2ccccc2F)cc1OS(=O)(=O)C(C)C. The number of ether oxygens (including phenoxy) is 2. The fourth-order valence-electron chi connectivity index (χ4n) is 3.38. The molecule has 0 saturated carbocycles. The van der Waals surface area contributed by atoms with Crippen molar-refractivity contribution in [3.05, 3.63) is 59.4 Å². The highest BCUT2D eigenvalue weighted by Gasteiger charge is 2.26. The van der Waals surface area contributed by atoms with Crippen LogP contribution >= 0.6 is 0 Å². The molecule has 1 atom stereocenters. The molecule has 2 aromatic carbocycles. The molecule has 0 N–H and O–H groups in total. The number of amides is 1. The Morgan fingerprint density at radius 3 is 2.59 bits per heavy atom. The first kappa shape index (κ1) is 24.0. The highest BCUT2D eigenvalue weighted by Crippen LogP contribution is 2.31. The van der Waals surface area contributed by atoms with E-state index >= 15 is 0 Å². The van der Waals surface area contributed by atoms with Gasteiger partial charge in [-0.05, 0) is 56.5 Å². The summed E-state index contributed by atoms with van der Waals surface area (Å²) in [5.74, 6) is -0.776. The first-order valence-corrected chi connectivity index (χ1v) is 11.9. The summed E-state index contributed by atoms with van der Waals surface area (Å²) in [6.45, 7) is 4.07. The zero-order chi connectivity index (χ0) is 23.3. The fraction of sp³-hybridized carbons (Fsp3) is 0.435. The van der Waals surface area contributed by atoms with Gasteiger partial charge in [-0.1, -0.05) is 18.2 Å². The molecule has 7 nitrogen and oxygen atoms in total. The third-order valence-corrected chi connectivity index (χ3v) is 6.79. The number of hydrogen-bond donors (Lipinski definition) is 0. The molecular weight excluding hydrogens is 437 g/mol. The minimum atomic E-state index is -3.84. The molecule has 0 radical (unpaired) electrons. The quantitative estimate of drug-likeness (QED) is 0.525. The number of carbonyl (C=O) groups is 1. The van der Waals surface area contributed by atoms with Crippen molar-refractivity contribution < 1.29 is 31.3 Å². The molecule has 32 heavy (non-hydrogen) atoms. The summed E-state index contributed by atoms with van der Waals surface area (Å²) >= 11 is 0. The number of hydrogen-bond acceptors (Lipinski definition) is 6. The molecule has 2 aromatic rings. The van der Waals surface area contributed by atoms with Crippen molar-refractivity contribution in [1.29, 1.82) is 0 Å². The van der Waals surface area contributed by atoms with Crippen LogP contribution in [0, 0.1) is 5.82 Å². The van der Waals surface area contributed by atoms with Gasteiger partial charge >= 0.3 is 10.1 Å². The maximum atomic E-state index is 14.3. The van der Waals surface area contributed by atoms with E-state index in [9.17, 15) is 17.6 Å². The fourth-order valence-corrected chi connectivity index (χ4v) is 3.96. The standard InChI is InChI=1S/C23H28FNO6S/c1-16(2)32(27,28)31-22-13-17(10-11-21(22)29-3)14-25(15-18-7-6-12-30-18)23(26)19-8-4-5-9-20(19)24/h4-5,8-11,13,16,18H,6-7,12,14-15H2,1-3H3. The summed E-state index contributed by atoms with van der Waals surface area (Å²) in [5, 5.41) is -0.741. The smallest absolute Gasteiger partial charge is 0.311 e. The predicted molar refractivity (Wildman–Crippen MR) is 118 cm³/mol. The summed E-state index contributed by atoms with van der Waals surface area (Å²) in [6, 6.07) is 10.6. The Kier molecular flexibility index (Phi) is 7.73. The number of nitrogens with zero attached hydrogens (tertiary/aromatic N) is 1. The largest absolute Gasteiger partial charge is 0.493 e. The van der Waals surface area contributed by atoms with Gasteiger partial charge in [0.25, 0.3) is 5.91 Å². The van der Waals surface area contributed by atoms with Crippen LogP contribution in [0.2, 0.25) is 0 Å². The number of benzene rings is 2. The second-order valence-electron chi connectivity index (χ2n) is 7.91. The number of carbonyl (C=O) groups excluding carboxylic acids is 1. The molecule has 0 bridgehead atoms. The topological polar surface area (TPSA) is 82.1 Å². The lowest BCUT2D eigenvalue weighted by atomic mass is 10.1. The molecule has 1 amide bonds. The third kappa shape index (κ3) is 5.77. The summed E-state index contributed by atoms with van der Waals surface area (Å²) < 4.78 is 55.0. The third-order valence-electron chi connectivity index (χ3n) is 5.22. The van der Waals surface area contributed by atoms with Gasteiger partial charge in [-0.25, -0.2) is 4.39 Å². The van der Waals surface area contributed by atoms with E-state index in [-0.39, 0.29) is 29.7 Å². The average molecular weight is 466 g/mol. The highest BCUT2D eigenvalue weighted by atomic mass is 32.2. The van der Waals surface area contributed by atoms with Crippen molar-refractivity contribution in [3.63, 3.8) is 0 Å². The van der Waals surface area contributed by atoms with Crippen LogP contribution in [-0.4, -0.2) is 50.8 Å². The van der Waals surface area contributed by atoms with Crippen LogP contribution in [0.3, 0.4) is 0 Å². The van der Waals surface area contributed by atoms with E-state index in [4.69, 9.17) is 13.7 Å². The lowest BCUT2D eigenvalue weighted by Crippen LogP contribution is -2.37. The Morgan fingerprint density at radius 2 is 1.97 bits per heavy atom. The minimum absolute atomic E-state index is 0.0298. The van der Waals surface area contributed by atoms with Crippen molar-refractivity contribution in [2.24, 2.45) is 0 Å².